The number of hydrogen-bond donors (Lipinski definition) is 1. The van der Waals surface area contributed by atoms with E-state index >= 15 is 0 Å². The molecule has 1 aromatic heterocycles. The molecule has 0 fully saturated rings. The molecule has 0 saturated heterocycles. The number of methoxy groups -OCH3 is 1. The molecule has 0 spiro atoms. The minimum Gasteiger partial charge on any atom is -0.506 e. The Kier molecular flexibility index (Phi) is 5.22. The van der Waals surface area contributed by atoms with Crippen molar-refractivity contribution in [1.82, 2.24) is 9.88 Å². The third-order valence-corrected chi connectivity index (χ3v) is 2.52. The van der Waals surface area contributed by atoms with Gasteiger partial charge < -0.3 is 9.84 Å². The van der Waals surface area contributed by atoms with Crippen molar-refractivity contribution in [1.29, 1.82) is 0 Å². The van der Waals surface area contributed by atoms with Gasteiger partial charge in [0.15, 0.2) is 0 Å². The van der Waals surface area contributed by atoms with Crippen LogP contribution in [-0.2, 0) is 11.3 Å². The first-order valence-electron chi connectivity index (χ1n) is 5.54. The van der Waals surface area contributed by atoms with Gasteiger partial charge in [0.05, 0.1) is 12.3 Å². The highest BCUT2D eigenvalue weighted by molar-refractivity contribution is 5.27. The lowest BCUT2D eigenvalue weighted by Gasteiger charge is -2.19. The molecule has 1 aromatic rings. The molecule has 0 saturated carbocycles. The Hall–Kier alpha value is -1.13. The molecule has 0 aliphatic carbocycles. The molecule has 90 valence electrons. The van der Waals surface area contributed by atoms with Gasteiger partial charge in [-0.25, -0.2) is 0 Å². The zero-order chi connectivity index (χ0) is 12.0. The monoisotopic (exact) mass is 224 g/mol. The molecule has 4 heteroatoms. The van der Waals surface area contributed by atoms with E-state index in [0.29, 0.717) is 13.2 Å². The number of aromatic hydroxyl groups is 1. The summed E-state index contributed by atoms with van der Waals surface area (Å²) in [5.41, 5.74) is 1.66. The Bertz CT molecular complexity index is 329. The van der Waals surface area contributed by atoms with Gasteiger partial charge in [-0.2, -0.15) is 0 Å². The fraction of sp³-hybridized carbons (Fsp3) is 0.583. The van der Waals surface area contributed by atoms with Gasteiger partial charge in [-0.15, -0.1) is 0 Å². The first-order chi connectivity index (χ1) is 7.67. The summed E-state index contributed by atoms with van der Waals surface area (Å²) in [5, 5.41) is 9.68. The summed E-state index contributed by atoms with van der Waals surface area (Å²) in [6.45, 7) is 7.13. The highest BCUT2D eigenvalue weighted by Crippen LogP contribution is 2.16. The van der Waals surface area contributed by atoms with Crippen molar-refractivity contribution in [2.75, 3.05) is 26.8 Å². The maximum absolute atomic E-state index is 9.68. The minimum absolute atomic E-state index is 0.265. The molecule has 0 aliphatic rings. The fourth-order valence-electron chi connectivity index (χ4n) is 1.50. The number of aromatic nitrogens is 1. The lowest BCUT2D eigenvalue weighted by atomic mass is 10.2. The number of aryl methyl sites for hydroxylation is 1. The van der Waals surface area contributed by atoms with Gasteiger partial charge in [-0.3, -0.25) is 9.88 Å². The van der Waals surface area contributed by atoms with Crippen molar-refractivity contribution in [2.45, 2.75) is 20.4 Å². The molecule has 16 heavy (non-hydrogen) atoms. The fourth-order valence-corrected chi connectivity index (χ4v) is 1.50. The molecular weight excluding hydrogens is 204 g/mol. The van der Waals surface area contributed by atoms with E-state index in [0.717, 1.165) is 24.5 Å². The predicted molar refractivity (Wildman–Crippen MR) is 63.5 cm³/mol. The minimum atomic E-state index is 0.265. The van der Waals surface area contributed by atoms with Crippen LogP contribution < -0.4 is 0 Å². The van der Waals surface area contributed by atoms with Crippen molar-refractivity contribution in [3.8, 4) is 5.75 Å². The number of hydrogen-bond acceptors (Lipinski definition) is 4. The molecule has 1 N–H and O–H groups in total. The van der Waals surface area contributed by atoms with Crippen molar-refractivity contribution in [3.63, 3.8) is 0 Å². The summed E-state index contributed by atoms with van der Waals surface area (Å²) in [6.07, 6.45) is 0. The molecule has 1 heterocycles. The molecule has 0 amide bonds. The van der Waals surface area contributed by atoms with E-state index in [1.54, 1.807) is 13.2 Å². The van der Waals surface area contributed by atoms with Gasteiger partial charge >= 0.3 is 0 Å². The standard InChI is InChI=1S/C12H20N2O2/c1-4-14(7-8-16-3)9-11-12(15)6-5-10(2)13-11/h5-6,15H,4,7-9H2,1-3H3. The van der Waals surface area contributed by atoms with Crippen LogP contribution in [0.3, 0.4) is 0 Å². The quantitative estimate of drug-likeness (QED) is 0.796. The Morgan fingerprint density at radius 1 is 1.44 bits per heavy atom. The second-order valence-corrected chi connectivity index (χ2v) is 3.78. The van der Waals surface area contributed by atoms with Crippen molar-refractivity contribution >= 4 is 0 Å². The van der Waals surface area contributed by atoms with Gasteiger partial charge in [-0.1, -0.05) is 6.92 Å². The number of rotatable bonds is 6. The third kappa shape index (κ3) is 3.79. The van der Waals surface area contributed by atoms with Crippen LogP contribution in [0.1, 0.15) is 18.3 Å². The molecular formula is C12H20N2O2. The largest absolute Gasteiger partial charge is 0.506 e. The second kappa shape index (κ2) is 6.45. The van der Waals surface area contributed by atoms with E-state index in [4.69, 9.17) is 4.74 Å². The Labute approximate surface area is 96.9 Å². The maximum atomic E-state index is 9.68. The van der Waals surface area contributed by atoms with Crippen LogP contribution in [0.15, 0.2) is 12.1 Å². The topological polar surface area (TPSA) is 45.6 Å². The van der Waals surface area contributed by atoms with Crippen LogP contribution in [-0.4, -0.2) is 41.8 Å². The van der Waals surface area contributed by atoms with Crippen LogP contribution >= 0.6 is 0 Å². The van der Waals surface area contributed by atoms with Gasteiger partial charge in [0, 0.05) is 25.9 Å². The molecule has 0 unspecified atom stereocenters. The van der Waals surface area contributed by atoms with E-state index in [1.807, 2.05) is 13.0 Å². The summed E-state index contributed by atoms with van der Waals surface area (Å²) >= 11 is 0. The maximum Gasteiger partial charge on any atom is 0.138 e. The molecule has 0 aromatic carbocycles. The molecule has 0 aliphatic heterocycles. The zero-order valence-corrected chi connectivity index (χ0v) is 10.2. The molecule has 4 nitrogen and oxygen atoms in total. The van der Waals surface area contributed by atoms with Gasteiger partial charge in [0.2, 0.25) is 0 Å². The van der Waals surface area contributed by atoms with Crippen LogP contribution in [0.25, 0.3) is 0 Å². The normalized spacial score (nSPS) is 11.0. The molecule has 1 rings (SSSR count). The van der Waals surface area contributed by atoms with Crippen molar-refractivity contribution < 1.29 is 9.84 Å². The van der Waals surface area contributed by atoms with Crippen LogP contribution in [0, 0.1) is 6.92 Å². The summed E-state index contributed by atoms with van der Waals surface area (Å²) in [5.74, 6) is 0.265. The average Bonchev–Trinajstić information content (AvgIpc) is 2.28. The van der Waals surface area contributed by atoms with E-state index in [-0.39, 0.29) is 5.75 Å². The van der Waals surface area contributed by atoms with E-state index in [9.17, 15) is 5.11 Å². The molecule has 0 bridgehead atoms. The highest BCUT2D eigenvalue weighted by atomic mass is 16.5. The average molecular weight is 224 g/mol. The second-order valence-electron chi connectivity index (χ2n) is 3.78. The van der Waals surface area contributed by atoms with Crippen LogP contribution in [0.5, 0.6) is 5.75 Å². The van der Waals surface area contributed by atoms with Crippen molar-refractivity contribution in [3.05, 3.63) is 23.5 Å². The van der Waals surface area contributed by atoms with Crippen LogP contribution in [0.4, 0.5) is 0 Å². The van der Waals surface area contributed by atoms with Crippen LogP contribution in [0.2, 0.25) is 0 Å². The number of pyridine rings is 1. The predicted octanol–water partition coefficient (Wildman–Crippen LogP) is 1.56. The summed E-state index contributed by atoms with van der Waals surface area (Å²) in [4.78, 5) is 6.52. The Morgan fingerprint density at radius 2 is 2.19 bits per heavy atom. The van der Waals surface area contributed by atoms with Gasteiger partial charge in [0.25, 0.3) is 0 Å². The Morgan fingerprint density at radius 3 is 2.81 bits per heavy atom. The summed E-state index contributed by atoms with van der Waals surface area (Å²) in [6, 6.07) is 3.51. The molecule has 0 atom stereocenters. The summed E-state index contributed by atoms with van der Waals surface area (Å²) < 4.78 is 5.04. The van der Waals surface area contributed by atoms with Gasteiger partial charge in [0.1, 0.15) is 5.75 Å². The SMILES string of the molecule is CCN(CCOC)Cc1nc(C)ccc1O. The van der Waals surface area contributed by atoms with E-state index < -0.39 is 0 Å². The zero-order valence-electron chi connectivity index (χ0n) is 10.2. The summed E-state index contributed by atoms with van der Waals surface area (Å²) in [7, 11) is 1.69. The highest BCUT2D eigenvalue weighted by Gasteiger charge is 2.08. The number of ether oxygens (including phenoxy) is 1. The molecule has 0 radical (unpaired) electrons. The first kappa shape index (κ1) is 12.9. The lowest BCUT2D eigenvalue weighted by Crippen LogP contribution is -2.27. The lowest BCUT2D eigenvalue weighted by molar-refractivity contribution is 0.146. The smallest absolute Gasteiger partial charge is 0.138 e. The van der Waals surface area contributed by atoms with Gasteiger partial charge in [-0.05, 0) is 25.6 Å². The van der Waals surface area contributed by atoms with Crippen molar-refractivity contribution in [2.24, 2.45) is 0 Å². The van der Waals surface area contributed by atoms with E-state index in [1.165, 1.54) is 0 Å². The third-order valence-electron chi connectivity index (χ3n) is 2.52. The number of likely N-dealkylation sites (N-methyl/N-ethyl adjacent to an activating group) is 1. The Balaban J connectivity index is 2.65. The number of nitrogens with zero attached hydrogens (tertiary/aromatic N) is 2. The first-order valence-corrected chi connectivity index (χ1v) is 5.54. The van der Waals surface area contributed by atoms with E-state index in [2.05, 4.69) is 16.8 Å².